The minimum atomic E-state index is -3.55. The Bertz CT molecular complexity index is 750. The van der Waals surface area contributed by atoms with Crippen LogP contribution in [0.25, 0.3) is 0 Å². The molecule has 9 heteroatoms. The number of benzene rings is 1. The summed E-state index contributed by atoms with van der Waals surface area (Å²) < 4.78 is 32.4. The van der Waals surface area contributed by atoms with Crippen LogP contribution < -0.4 is 0 Å². The summed E-state index contributed by atoms with van der Waals surface area (Å²) in [6.07, 6.45) is 0.768. The quantitative estimate of drug-likeness (QED) is 0.597. The normalized spacial score (nSPS) is 23.0. The van der Waals surface area contributed by atoms with E-state index < -0.39 is 22.3 Å². The molecule has 2 aliphatic rings. The molecule has 2 heterocycles. The highest BCUT2D eigenvalue weighted by Crippen LogP contribution is 2.21. The molecule has 3 rings (SSSR count). The Morgan fingerprint density at radius 3 is 2.46 bits per heavy atom. The first kappa shape index (κ1) is 21.0. The molecular weight excluding hydrogens is 382 g/mol. The number of ether oxygens (including phenoxy) is 1. The van der Waals surface area contributed by atoms with Crippen molar-refractivity contribution in [1.82, 2.24) is 14.7 Å². The monoisotopic (exact) mass is 411 g/mol. The Morgan fingerprint density at radius 1 is 1.18 bits per heavy atom. The second-order valence-corrected chi connectivity index (χ2v) is 8.98. The molecule has 0 spiro atoms. The van der Waals surface area contributed by atoms with Gasteiger partial charge in [0.05, 0.1) is 19.0 Å². The maximum atomic E-state index is 12.3. The van der Waals surface area contributed by atoms with Crippen molar-refractivity contribution in [3.05, 3.63) is 35.9 Å². The van der Waals surface area contributed by atoms with E-state index in [-0.39, 0.29) is 12.8 Å². The SMILES string of the molecule is CCC(N1CCN(Cc2ccccc2)CC1)N1CC(COS(C)(=O)=O)OC1=O. The Kier molecular flexibility index (Phi) is 6.92. The molecule has 28 heavy (non-hydrogen) atoms. The van der Waals surface area contributed by atoms with Gasteiger partial charge in [0.15, 0.2) is 0 Å². The summed E-state index contributed by atoms with van der Waals surface area (Å²) in [6.45, 7) is 6.82. The van der Waals surface area contributed by atoms with Crippen LogP contribution in [0, 0.1) is 0 Å². The van der Waals surface area contributed by atoms with E-state index >= 15 is 0 Å². The van der Waals surface area contributed by atoms with Crippen molar-refractivity contribution in [3.8, 4) is 0 Å². The lowest BCUT2D eigenvalue weighted by atomic mass is 10.2. The molecule has 8 nitrogen and oxygen atoms in total. The molecular formula is C19H29N3O5S. The molecule has 2 aliphatic heterocycles. The number of carbonyl (C=O) groups excluding carboxylic acids is 1. The average molecular weight is 412 g/mol. The van der Waals surface area contributed by atoms with E-state index in [4.69, 9.17) is 8.92 Å². The van der Waals surface area contributed by atoms with Gasteiger partial charge >= 0.3 is 6.09 Å². The Hall–Kier alpha value is -1.68. The summed E-state index contributed by atoms with van der Waals surface area (Å²) in [5.74, 6) is 0. The number of cyclic esters (lactones) is 1. The van der Waals surface area contributed by atoms with Gasteiger partial charge in [0.1, 0.15) is 12.7 Å². The second-order valence-electron chi connectivity index (χ2n) is 7.33. The fourth-order valence-corrected chi connectivity index (χ4v) is 4.21. The van der Waals surface area contributed by atoms with Gasteiger partial charge in [0.2, 0.25) is 0 Å². The molecule has 0 radical (unpaired) electrons. The van der Waals surface area contributed by atoms with E-state index in [1.54, 1.807) is 4.90 Å². The molecule has 1 aromatic rings. The number of rotatable bonds is 8. The minimum Gasteiger partial charge on any atom is -0.442 e. The van der Waals surface area contributed by atoms with Gasteiger partial charge < -0.3 is 4.74 Å². The topological polar surface area (TPSA) is 79.4 Å². The van der Waals surface area contributed by atoms with Gasteiger partial charge in [-0.2, -0.15) is 8.42 Å². The van der Waals surface area contributed by atoms with Gasteiger partial charge in [-0.1, -0.05) is 37.3 Å². The standard InChI is InChI=1S/C19H29N3O5S/c1-3-18(22-14-17(27-19(22)23)15-26-28(2,24)25)21-11-9-20(10-12-21)13-16-7-5-4-6-8-16/h4-8,17-18H,3,9-15H2,1-2H3. The van der Waals surface area contributed by atoms with Crippen LogP contribution in [0.15, 0.2) is 30.3 Å². The summed E-state index contributed by atoms with van der Waals surface area (Å²) in [6, 6.07) is 10.4. The average Bonchev–Trinajstić information content (AvgIpc) is 3.03. The third-order valence-electron chi connectivity index (χ3n) is 5.17. The zero-order chi connectivity index (χ0) is 20.1. The lowest BCUT2D eigenvalue weighted by Gasteiger charge is -2.41. The first-order chi connectivity index (χ1) is 13.4. The Balaban J connectivity index is 1.52. The van der Waals surface area contributed by atoms with E-state index in [0.29, 0.717) is 6.54 Å². The lowest BCUT2D eigenvalue weighted by Crippen LogP contribution is -2.55. The predicted octanol–water partition coefficient (Wildman–Crippen LogP) is 1.34. The number of hydrogen-bond acceptors (Lipinski definition) is 7. The van der Waals surface area contributed by atoms with Crippen molar-refractivity contribution in [1.29, 1.82) is 0 Å². The van der Waals surface area contributed by atoms with Gasteiger partial charge in [-0.3, -0.25) is 18.9 Å². The Labute approximate surface area is 167 Å². The molecule has 2 atom stereocenters. The first-order valence-corrected chi connectivity index (χ1v) is 11.5. The second kappa shape index (κ2) is 9.21. The number of amides is 1. The van der Waals surface area contributed by atoms with Crippen LogP contribution >= 0.6 is 0 Å². The van der Waals surface area contributed by atoms with Crippen molar-refractivity contribution in [3.63, 3.8) is 0 Å². The highest BCUT2D eigenvalue weighted by atomic mass is 32.2. The van der Waals surface area contributed by atoms with E-state index in [1.807, 2.05) is 6.07 Å². The van der Waals surface area contributed by atoms with Crippen LogP contribution in [0.4, 0.5) is 4.79 Å². The number of nitrogens with zero attached hydrogens (tertiary/aromatic N) is 3. The molecule has 2 unspecified atom stereocenters. The molecule has 1 aromatic carbocycles. The first-order valence-electron chi connectivity index (χ1n) is 9.67. The highest BCUT2D eigenvalue weighted by molar-refractivity contribution is 7.85. The van der Waals surface area contributed by atoms with E-state index in [2.05, 4.69) is 41.0 Å². The van der Waals surface area contributed by atoms with Crippen LogP contribution in [0.3, 0.4) is 0 Å². The largest absolute Gasteiger partial charge is 0.442 e. The summed E-state index contributed by atoms with van der Waals surface area (Å²) >= 11 is 0. The minimum absolute atomic E-state index is 0.0467. The van der Waals surface area contributed by atoms with E-state index in [9.17, 15) is 13.2 Å². The van der Waals surface area contributed by atoms with Crippen molar-refractivity contribution in [2.45, 2.75) is 32.2 Å². The third kappa shape index (κ3) is 5.66. The van der Waals surface area contributed by atoms with Gasteiger partial charge in [-0.25, -0.2) is 4.79 Å². The lowest BCUT2D eigenvalue weighted by molar-refractivity contribution is 0.0261. The molecule has 0 bridgehead atoms. The zero-order valence-electron chi connectivity index (χ0n) is 16.5. The predicted molar refractivity (Wildman–Crippen MR) is 105 cm³/mol. The molecule has 0 aromatic heterocycles. The highest BCUT2D eigenvalue weighted by Gasteiger charge is 2.39. The van der Waals surface area contributed by atoms with Gasteiger partial charge in [-0.15, -0.1) is 0 Å². The van der Waals surface area contributed by atoms with Crippen LogP contribution in [-0.2, 0) is 25.6 Å². The van der Waals surface area contributed by atoms with Crippen molar-refractivity contribution >= 4 is 16.2 Å². The van der Waals surface area contributed by atoms with Gasteiger partial charge in [-0.05, 0) is 12.0 Å². The third-order valence-corrected chi connectivity index (χ3v) is 5.74. The fourth-order valence-electron chi connectivity index (χ4n) is 3.81. The number of hydrogen-bond donors (Lipinski definition) is 0. The molecule has 2 saturated heterocycles. The Morgan fingerprint density at radius 2 is 1.86 bits per heavy atom. The van der Waals surface area contributed by atoms with E-state index in [1.165, 1.54) is 5.56 Å². The van der Waals surface area contributed by atoms with Crippen LogP contribution in [-0.4, -0.2) is 87.1 Å². The van der Waals surface area contributed by atoms with Crippen LogP contribution in [0.5, 0.6) is 0 Å². The number of carbonyl (C=O) groups is 1. The van der Waals surface area contributed by atoms with Crippen LogP contribution in [0.1, 0.15) is 18.9 Å². The molecule has 2 fully saturated rings. The number of piperazine rings is 1. The maximum absolute atomic E-state index is 12.3. The molecule has 156 valence electrons. The van der Waals surface area contributed by atoms with E-state index in [0.717, 1.165) is 45.4 Å². The smallest absolute Gasteiger partial charge is 0.411 e. The zero-order valence-corrected chi connectivity index (χ0v) is 17.3. The van der Waals surface area contributed by atoms with Gasteiger partial charge in [0, 0.05) is 32.7 Å². The van der Waals surface area contributed by atoms with Gasteiger partial charge in [0.25, 0.3) is 10.1 Å². The summed E-state index contributed by atoms with van der Waals surface area (Å²) in [5, 5.41) is 0. The molecule has 1 amide bonds. The van der Waals surface area contributed by atoms with Crippen LogP contribution in [0.2, 0.25) is 0 Å². The fraction of sp³-hybridized carbons (Fsp3) is 0.632. The van der Waals surface area contributed by atoms with Crippen molar-refractivity contribution in [2.75, 3.05) is 45.6 Å². The molecule has 0 aliphatic carbocycles. The molecule has 0 saturated carbocycles. The summed E-state index contributed by atoms with van der Waals surface area (Å²) in [5.41, 5.74) is 1.31. The van der Waals surface area contributed by atoms with Crippen molar-refractivity contribution in [2.24, 2.45) is 0 Å². The van der Waals surface area contributed by atoms with Crippen molar-refractivity contribution < 1.29 is 22.1 Å². The maximum Gasteiger partial charge on any atom is 0.411 e. The summed E-state index contributed by atoms with van der Waals surface area (Å²) in [4.78, 5) is 18.7. The summed E-state index contributed by atoms with van der Waals surface area (Å²) in [7, 11) is -3.55. The molecule has 0 N–H and O–H groups in total.